The lowest BCUT2D eigenvalue weighted by Gasteiger charge is -2.50. The predicted octanol–water partition coefficient (Wildman–Crippen LogP) is 4.59. The van der Waals surface area contributed by atoms with Gasteiger partial charge in [0, 0.05) is 32.2 Å². The van der Waals surface area contributed by atoms with Crippen molar-refractivity contribution in [2.75, 3.05) is 26.2 Å². The zero-order valence-corrected chi connectivity index (χ0v) is 19.9. The molecule has 0 bridgehead atoms. The van der Waals surface area contributed by atoms with Gasteiger partial charge in [-0.15, -0.1) is 0 Å². The number of amides is 1. The van der Waals surface area contributed by atoms with Gasteiger partial charge in [0.2, 0.25) is 5.91 Å². The third-order valence-electron chi connectivity index (χ3n) is 8.82. The standard InChI is InChI=1S/C26H31F3N4O/c1-25(2)19(16-11-22(31-30-12-16)23-20(28)5-4-6-21(23)29)7-9-26(25,3)24(34)33-14-18(15-33)32-10-8-17(27)13-32/h4-6,11-12,17-19H,7-10,13-15H2,1-3H3/t17-,19-,26-/m0/s1. The molecule has 2 saturated heterocycles. The molecular weight excluding hydrogens is 441 g/mol. The molecule has 1 amide bonds. The summed E-state index contributed by atoms with van der Waals surface area (Å²) in [5.74, 6) is -1.23. The van der Waals surface area contributed by atoms with Crippen LogP contribution in [-0.2, 0) is 4.79 Å². The van der Waals surface area contributed by atoms with Crippen LogP contribution < -0.4 is 0 Å². The molecule has 34 heavy (non-hydrogen) atoms. The molecule has 3 aliphatic rings. The molecular formula is C26H31F3N4O. The van der Waals surface area contributed by atoms with E-state index in [0.717, 1.165) is 18.5 Å². The molecule has 0 radical (unpaired) electrons. The van der Waals surface area contributed by atoms with Crippen molar-refractivity contribution in [1.29, 1.82) is 0 Å². The zero-order chi connectivity index (χ0) is 24.3. The van der Waals surface area contributed by atoms with Crippen LogP contribution in [0.2, 0.25) is 0 Å². The van der Waals surface area contributed by atoms with Crippen molar-refractivity contribution < 1.29 is 18.0 Å². The normalized spacial score (nSPS) is 29.4. The fourth-order valence-corrected chi connectivity index (χ4v) is 6.18. The van der Waals surface area contributed by atoms with Crippen molar-refractivity contribution in [2.45, 2.75) is 58.2 Å². The van der Waals surface area contributed by atoms with E-state index in [9.17, 15) is 18.0 Å². The predicted molar refractivity (Wildman–Crippen MR) is 123 cm³/mol. The van der Waals surface area contributed by atoms with E-state index in [2.05, 4.69) is 28.9 Å². The molecule has 182 valence electrons. The van der Waals surface area contributed by atoms with Gasteiger partial charge in [0.1, 0.15) is 17.8 Å². The van der Waals surface area contributed by atoms with Crippen molar-refractivity contribution in [1.82, 2.24) is 20.0 Å². The van der Waals surface area contributed by atoms with Crippen LogP contribution in [0.25, 0.3) is 11.3 Å². The number of likely N-dealkylation sites (tertiary alicyclic amines) is 2. The van der Waals surface area contributed by atoms with Crippen molar-refractivity contribution in [3.63, 3.8) is 0 Å². The number of rotatable bonds is 4. The zero-order valence-electron chi connectivity index (χ0n) is 19.9. The SMILES string of the molecule is CC1(C)[C@H](c2cnnc(-c3c(F)cccc3F)c2)CC[C@@]1(C)C(=O)N1CC(N2CC[C@H](F)C2)C1. The average molecular weight is 473 g/mol. The lowest BCUT2D eigenvalue weighted by Crippen LogP contribution is -2.64. The Kier molecular flexibility index (Phi) is 5.70. The maximum atomic E-state index is 14.3. The van der Waals surface area contributed by atoms with Crippen LogP contribution in [0.1, 0.15) is 51.5 Å². The summed E-state index contributed by atoms with van der Waals surface area (Å²) in [6, 6.07) is 5.69. The molecule has 1 aliphatic carbocycles. The quantitative estimate of drug-likeness (QED) is 0.653. The summed E-state index contributed by atoms with van der Waals surface area (Å²) < 4.78 is 42.3. The Bertz CT molecular complexity index is 1080. The van der Waals surface area contributed by atoms with Gasteiger partial charge in [-0.05, 0) is 54.4 Å². The third-order valence-corrected chi connectivity index (χ3v) is 8.82. The molecule has 5 nitrogen and oxygen atoms in total. The number of hydrogen-bond donors (Lipinski definition) is 0. The van der Waals surface area contributed by atoms with Crippen LogP contribution in [0.5, 0.6) is 0 Å². The Morgan fingerprint density at radius 3 is 2.44 bits per heavy atom. The smallest absolute Gasteiger partial charge is 0.229 e. The minimum atomic E-state index is -0.756. The molecule has 1 saturated carbocycles. The molecule has 0 unspecified atom stereocenters. The Morgan fingerprint density at radius 1 is 1.09 bits per heavy atom. The maximum Gasteiger partial charge on any atom is 0.229 e. The van der Waals surface area contributed by atoms with Gasteiger partial charge in [-0.1, -0.05) is 26.8 Å². The number of hydrogen-bond acceptors (Lipinski definition) is 4. The lowest BCUT2D eigenvalue weighted by atomic mass is 9.63. The van der Waals surface area contributed by atoms with E-state index in [4.69, 9.17) is 0 Å². The van der Waals surface area contributed by atoms with Crippen molar-refractivity contribution in [3.8, 4) is 11.3 Å². The number of aromatic nitrogens is 2. The highest BCUT2D eigenvalue weighted by Crippen LogP contribution is 2.60. The van der Waals surface area contributed by atoms with Crippen molar-refractivity contribution >= 4 is 5.91 Å². The summed E-state index contributed by atoms with van der Waals surface area (Å²) in [5, 5.41) is 8.04. The molecule has 1 aromatic heterocycles. The molecule has 3 atom stereocenters. The monoisotopic (exact) mass is 472 g/mol. The van der Waals surface area contributed by atoms with Gasteiger partial charge in [0.15, 0.2) is 0 Å². The first-order valence-corrected chi connectivity index (χ1v) is 12.1. The van der Waals surface area contributed by atoms with E-state index in [1.165, 1.54) is 18.2 Å². The number of alkyl halides is 1. The molecule has 3 heterocycles. The third kappa shape index (κ3) is 3.61. The van der Waals surface area contributed by atoms with E-state index in [1.54, 1.807) is 12.3 Å². The average Bonchev–Trinajstić information content (AvgIpc) is 3.28. The number of carbonyl (C=O) groups excluding carboxylic acids is 1. The summed E-state index contributed by atoms with van der Waals surface area (Å²) in [7, 11) is 0. The number of benzene rings is 1. The maximum absolute atomic E-state index is 14.3. The topological polar surface area (TPSA) is 49.3 Å². The number of nitrogens with zero attached hydrogens (tertiary/aromatic N) is 4. The van der Waals surface area contributed by atoms with Crippen LogP contribution in [0.4, 0.5) is 13.2 Å². The van der Waals surface area contributed by atoms with E-state index in [0.29, 0.717) is 32.5 Å². The van der Waals surface area contributed by atoms with Crippen LogP contribution in [0.15, 0.2) is 30.5 Å². The fourth-order valence-electron chi connectivity index (χ4n) is 6.18. The van der Waals surface area contributed by atoms with Gasteiger partial charge in [-0.25, -0.2) is 13.2 Å². The first-order chi connectivity index (χ1) is 16.1. The second kappa shape index (κ2) is 8.33. The minimum absolute atomic E-state index is 0.00603. The molecule has 2 aliphatic heterocycles. The van der Waals surface area contributed by atoms with Gasteiger partial charge in [0.25, 0.3) is 0 Å². The lowest BCUT2D eigenvalue weighted by molar-refractivity contribution is -0.154. The summed E-state index contributed by atoms with van der Waals surface area (Å²) in [6.45, 7) is 8.75. The van der Waals surface area contributed by atoms with Gasteiger partial charge < -0.3 is 4.90 Å². The highest BCUT2D eigenvalue weighted by atomic mass is 19.1. The summed E-state index contributed by atoms with van der Waals surface area (Å²) in [6.07, 6.45) is 2.95. The van der Waals surface area contributed by atoms with E-state index >= 15 is 0 Å². The highest BCUT2D eigenvalue weighted by Gasteiger charge is 2.58. The second-order valence-electron chi connectivity index (χ2n) is 10.9. The largest absolute Gasteiger partial charge is 0.339 e. The molecule has 2 aromatic rings. The molecule has 1 aromatic carbocycles. The van der Waals surface area contributed by atoms with Crippen LogP contribution in [0.3, 0.4) is 0 Å². The van der Waals surface area contributed by atoms with E-state index < -0.39 is 28.6 Å². The van der Waals surface area contributed by atoms with Crippen molar-refractivity contribution in [3.05, 3.63) is 47.7 Å². The van der Waals surface area contributed by atoms with Gasteiger partial charge >= 0.3 is 0 Å². The Balaban J connectivity index is 1.35. The van der Waals surface area contributed by atoms with E-state index in [1.807, 2.05) is 11.8 Å². The Morgan fingerprint density at radius 2 is 1.79 bits per heavy atom. The summed E-state index contributed by atoms with van der Waals surface area (Å²) in [4.78, 5) is 17.7. The fraction of sp³-hybridized carbons (Fsp3) is 0.577. The molecule has 0 N–H and O–H groups in total. The van der Waals surface area contributed by atoms with Gasteiger partial charge in [-0.2, -0.15) is 10.2 Å². The van der Waals surface area contributed by atoms with Gasteiger partial charge in [0.05, 0.1) is 22.9 Å². The second-order valence-corrected chi connectivity index (χ2v) is 10.9. The first kappa shape index (κ1) is 23.3. The summed E-state index contributed by atoms with van der Waals surface area (Å²) >= 11 is 0. The first-order valence-electron chi connectivity index (χ1n) is 12.1. The molecule has 8 heteroatoms. The molecule has 3 fully saturated rings. The number of carbonyl (C=O) groups is 1. The molecule has 5 rings (SSSR count). The summed E-state index contributed by atoms with van der Waals surface area (Å²) in [5.41, 5.74) is -0.174. The van der Waals surface area contributed by atoms with E-state index in [-0.39, 0.29) is 29.1 Å². The number of halogens is 3. The van der Waals surface area contributed by atoms with Crippen LogP contribution in [0, 0.1) is 22.5 Å². The van der Waals surface area contributed by atoms with Gasteiger partial charge in [-0.3, -0.25) is 9.69 Å². The van der Waals surface area contributed by atoms with Crippen LogP contribution >= 0.6 is 0 Å². The minimum Gasteiger partial charge on any atom is -0.339 e. The Labute approximate surface area is 198 Å². The highest BCUT2D eigenvalue weighted by molar-refractivity contribution is 5.85. The Hall–Kier alpha value is -2.48. The van der Waals surface area contributed by atoms with Crippen molar-refractivity contribution in [2.24, 2.45) is 10.8 Å². The molecule has 0 spiro atoms. The van der Waals surface area contributed by atoms with Crippen LogP contribution in [-0.4, -0.2) is 64.3 Å².